The molecule has 0 amide bonds. The minimum absolute atomic E-state index is 0.0566. The molecule has 1 aromatic heterocycles. The van der Waals surface area contributed by atoms with Crippen molar-refractivity contribution in [3.8, 4) is 11.3 Å². The van der Waals surface area contributed by atoms with Gasteiger partial charge in [0.15, 0.2) is 5.78 Å². The summed E-state index contributed by atoms with van der Waals surface area (Å²) < 4.78 is 28.9. The lowest BCUT2D eigenvalue weighted by molar-refractivity contribution is -0.384. The molecule has 10 heteroatoms. The van der Waals surface area contributed by atoms with Crippen LogP contribution in [-0.2, 0) is 16.6 Å². The normalized spacial score (nSPS) is 12.5. The van der Waals surface area contributed by atoms with Gasteiger partial charge in [-0.05, 0) is 24.6 Å². The van der Waals surface area contributed by atoms with E-state index in [4.69, 9.17) is 0 Å². The molecule has 0 saturated heterocycles. The van der Waals surface area contributed by atoms with E-state index in [1.54, 1.807) is 42.5 Å². The lowest BCUT2D eigenvalue weighted by atomic mass is 10.0. The fourth-order valence-corrected chi connectivity index (χ4v) is 5.52. The number of rotatable bonds is 7. The zero-order valence-electron chi connectivity index (χ0n) is 18.3. The first-order valence-corrected chi connectivity index (χ1v) is 12.3. The molecule has 35 heavy (non-hydrogen) atoms. The van der Waals surface area contributed by atoms with E-state index in [2.05, 4.69) is 4.72 Å². The van der Waals surface area contributed by atoms with Gasteiger partial charge in [-0.1, -0.05) is 42.5 Å². The number of pyridine rings is 1. The van der Waals surface area contributed by atoms with Gasteiger partial charge in [-0.15, -0.1) is 0 Å². The molecule has 5 rings (SSSR count). The zero-order chi connectivity index (χ0) is 24.7. The van der Waals surface area contributed by atoms with E-state index in [1.807, 2.05) is 0 Å². The second-order valence-corrected chi connectivity index (χ2v) is 9.87. The van der Waals surface area contributed by atoms with Gasteiger partial charge in [0.05, 0.1) is 26.5 Å². The van der Waals surface area contributed by atoms with Gasteiger partial charge in [-0.25, -0.2) is 13.1 Å². The summed E-state index contributed by atoms with van der Waals surface area (Å²) in [7, 11) is -3.71. The molecule has 0 unspecified atom stereocenters. The Hall–Kier alpha value is -4.15. The van der Waals surface area contributed by atoms with Gasteiger partial charge in [0, 0.05) is 41.7 Å². The third kappa shape index (κ3) is 3.82. The monoisotopic (exact) mass is 489 g/mol. The molecule has 0 atom stereocenters. The van der Waals surface area contributed by atoms with E-state index < -0.39 is 20.5 Å². The van der Waals surface area contributed by atoms with Gasteiger partial charge in [0.2, 0.25) is 10.0 Å². The van der Waals surface area contributed by atoms with Crippen LogP contribution < -0.4 is 10.3 Å². The summed E-state index contributed by atoms with van der Waals surface area (Å²) in [5.41, 5.74) is 1.10. The second kappa shape index (κ2) is 8.57. The van der Waals surface area contributed by atoms with E-state index >= 15 is 0 Å². The van der Waals surface area contributed by atoms with Gasteiger partial charge >= 0.3 is 0 Å². The molecular weight excluding hydrogens is 470 g/mol. The molecule has 0 aliphatic heterocycles. The van der Waals surface area contributed by atoms with Crippen LogP contribution in [0.2, 0.25) is 0 Å². The standard InChI is InChI=1S/C25H19N3O6S/c29-24-20-10-5-4-9-19(20)23-22(24)18-12-11-16(28(31)32)15-21(18)25(30)27(23)14-6-13-26-35(33,34)17-7-2-1-3-8-17/h1-5,7-12,15,26H,6,13-14H2. The third-order valence-corrected chi connectivity index (χ3v) is 7.50. The van der Waals surface area contributed by atoms with Crippen LogP contribution in [0, 0.1) is 10.1 Å². The molecule has 0 fully saturated rings. The number of carbonyl (C=O) groups excluding carboxylic acids is 1. The van der Waals surface area contributed by atoms with Crippen LogP contribution in [-0.4, -0.2) is 30.2 Å². The Kier molecular flexibility index (Phi) is 5.54. The first-order chi connectivity index (χ1) is 16.8. The highest BCUT2D eigenvalue weighted by molar-refractivity contribution is 7.89. The van der Waals surface area contributed by atoms with Crippen LogP contribution in [0.3, 0.4) is 0 Å². The van der Waals surface area contributed by atoms with Gasteiger partial charge in [0.1, 0.15) is 0 Å². The maximum Gasteiger partial charge on any atom is 0.270 e. The van der Waals surface area contributed by atoms with Crippen LogP contribution >= 0.6 is 0 Å². The smallest absolute Gasteiger partial charge is 0.270 e. The number of non-ortho nitro benzene ring substituents is 1. The maximum atomic E-state index is 13.5. The molecular formula is C25H19N3O6S. The van der Waals surface area contributed by atoms with Gasteiger partial charge in [0.25, 0.3) is 11.2 Å². The highest BCUT2D eigenvalue weighted by Gasteiger charge is 2.32. The summed E-state index contributed by atoms with van der Waals surface area (Å²) in [6.07, 6.45) is 0.259. The molecule has 1 N–H and O–H groups in total. The summed E-state index contributed by atoms with van der Waals surface area (Å²) in [5.74, 6) is -0.256. The van der Waals surface area contributed by atoms with Crippen molar-refractivity contribution >= 4 is 32.3 Å². The van der Waals surface area contributed by atoms with Crippen LogP contribution in [0.25, 0.3) is 22.0 Å². The summed E-state index contributed by atoms with van der Waals surface area (Å²) >= 11 is 0. The number of ketones is 1. The molecule has 176 valence electrons. The van der Waals surface area contributed by atoms with Crippen LogP contribution in [0.1, 0.15) is 22.3 Å². The van der Waals surface area contributed by atoms with E-state index in [0.29, 0.717) is 27.8 Å². The predicted molar refractivity (Wildman–Crippen MR) is 130 cm³/mol. The van der Waals surface area contributed by atoms with E-state index in [0.717, 1.165) is 0 Å². The van der Waals surface area contributed by atoms with Gasteiger partial charge in [-0.2, -0.15) is 0 Å². The Morgan fingerprint density at radius 1 is 0.886 bits per heavy atom. The highest BCUT2D eigenvalue weighted by atomic mass is 32.2. The molecule has 1 aliphatic rings. The molecule has 4 aromatic rings. The number of nitrogens with zero attached hydrogens (tertiary/aromatic N) is 2. The minimum Gasteiger partial charge on any atom is -0.307 e. The molecule has 0 radical (unpaired) electrons. The first-order valence-electron chi connectivity index (χ1n) is 10.8. The second-order valence-electron chi connectivity index (χ2n) is 8.11. The molecule has 9 nitrogen and oxygen atoms in total. The van der Waals surface area contributed by atoms with Crippen molar-refractivity contribution in [2.75, 3.05) is 6.54 Å². The van der Waals surface area contributed by atoms with E-state index in [1.165, 1.54) is 34.9 Å². The minimum atomic E-state index is -3.71. The predicted octanol–water partition coefficient (Wildman–Crippen LogP) is 3.49. The quantitative estimate of drug-likeness (QED) is 0.212. The summed E-state index contributed by atoms with van der Waals surface area (Å²) in [6.45, 7) is 0.166. The number of nitrogens with one attached hydrogen (secondary N) is 1. The topological polar surface area (TPSA) is 128 Å². The van der Waals surface area contributed by atoms with Crippen LogP contribution in [0.15, 0.2) is 82.5 Å². The van der Waals surface area contributed by atoms with Crippen molar-refractivity contribution in [3.05, 3.63) is 104 Å². The Balaban J connectivity index is 1.55. The van der Waals surface area contributed by atoms with Crippen LogP contribution in [0.4, 0.5) is 5.69 Å². The average Bonchev–Trinajstić information content (AvgIpc) is 3.16. The SMILES string of the molecule is O=C1c2ccccc2-c2c1c1ccc([N+](=O)[O-])cc1c(=O)n2CCCNS(=O)(=O)c1ccccc1. The third-order valence-electron chi connectivity index (χ3n) is 6.02. The van der Waals surface area contributed by atoms with Crippen molar-refractivity contribution in [1.29, 1.82) is 0 Å². The summed E-state index contributed by atoms with van der Waals surface area (Å²) in [5, 5.41) is 11.7. The number of benzene rings is 3. The number of hydrogen-bond donors (Lipinski definition) is 1. The Morgan fingerprint density at radius 2 is 1.57 bits per heavy atom. The number of aromatic nitrogens is 1. The molecule has 3 aromatic carbocycles. The fourth-order valence-electron chi connectivity index (χ4n) is 4.42. The number of nitro benzene ring substituents is 1. The van der Waals surface area contributed by atoms with Gasteiger partial charge in [-0.3, -0.25) is 19.7 Å². The molecule has 0 spiro atoms. The average molecular weight is 490 g/mol. The molecule has 0 bridgehead atoms. The number of nitro groups is 1. The number of carbonyl (C=O) groups is 1. The summed E-state index contributed by atoms with van der Waals surface area (Å²) in [6, 6.07) is 18.8. The Labute approximate surface area is 199 Å². The Morgan fingerprint density at radius 3 is 2.29 bits per heavy atom. The van der Waals surface area contributed by atoms with Crippen molar-refractivity contribution < 1.29 is 18.1 Å². The largest absolute Gasteiger partial charge is 0.307 e. The summed E-state index contributed by atoms with van der Waals surface area (Å²) in [4.78, 5) is 37.6. The van der Waals surface area contributed by atoms with E-state index in [9.17, 15) is 28.1 Å². The lowest BCUT2D eigenvalue weighted by Gasteiger charge is -2.15. The van der Waals surface area contributed by atoms with E-state index in [-0.39, 0.29) is 41.3 Å². The van der Waals surface area contributed by atoms with Crippen molar-refractivity contribution in [3.63, 3.8) is 0 Å². The highest BCUT2D eigenvalue weighted by Crippen LogP contribution is 2.39. The van der Waals surface area contributed by atoms with Gasteiger partial charge < -0.3 is 4.57 Å². The van der Waals surface area contributed by atoms with Crippen molar-refractivity contribution in [1.82, 2.24) is 9.29 Å². The van der Waals surface area contributed by atoms with Crippen LogP contribution in [0.5, 0.6) is 0 Å². The van der Waals surface area contributed by atoms with Crippen molar-refractivity contribution in [2.45, 2.75) is 17.9 Å². The lowest BCUT2D eigenvalue weighted by Crippen LogP contribution is -2.28. The number of sulfonamides is 1. The number of hydrogen-bond acceptors (Lipinski definition) is 6. The fraction of sp³-hybridized carbons (Fsp3) is 0.120. The van der Waals surface area contributed by atoms with Crippen molar-refractivity contribution in [2.24, 2.45) is 0 Å². The first kappa shape index (κ1) is 22.6. The number of fused-ring (bicyclic) bond motifs is 5. The molecule has 1 aliphatic carbocycles. The maximum absolute atomic E-state index is 13.5. The Bertz CT molecular complexity index is 1680. The molecule has 1 heterocycles. The molecule has 0 saturated carbocycles. The zero-order valence-corrected chi connectivity index (χ0v) is 19.1.